The first-order chi connectivity index (χ1) is 33.8. The lowest BCUT2D eigenvalue weighted by atomic mass is 9.52. The molecule has 12 aromatic rings. The molecule has 0 unspecified atom stereocenters. The number of hydrogen-bond acceptors (Lipinski definition) is 2. The second-order valence-electron chi connectivity index (χ2n) is 19.4. The number of fused-ring (bicyclic) bond motifs is 18. The summed E-state index contributed by atoms with van der Waals surface area (Å²) in [5.41, 5.74) is 30.1. The Bertz CT molecular complexity index is 4010. The number of rotatable bonds is 0. The lowest BCUT2D eigenvalue weighted by molar-refractivity contribution is 1.07. The second-order valence-corrected chi connectivity index (χ2v) is 19.4. The van der Waals surface area contributed by atoms with E-state index in [4.69, 9.17) is 0 Å². The SMILES string of the molecule is c1cc2c3c(c1)-c1cccc4c5ccccc5n(c14)B3n1c3ccccc3c3cccc-2c31.c1ccc2c(c1)Cc1cccc3c1N2B1c2c-3cccc2-c2cccc3c2N1c1ccccc1C3. The van der Waals surface area contributed by atoms with Crippen LogP contribution in [0.1, 0.15) is 22.3 Å². The summed E-state index contributed by atoms with van der Waals surface area (Å²) in [7, 11) is 0. The summed E-state index contributed by atoms with van der Waals surface area (Å²) in [5, 5.41) is 5.34. The predicted molar refractivity (Wildman–Crippen MR) is 285 cm³/mol. The average Bonchev–Trinajstić information content (AvgIpc) is 3.92. The minimum Gasteiger partial charge on any atom is -0.361 e. The molecule has 6 aliphatic rings. The maximum Gasteiger partial charge on any atom is 0.422 e. The van der Waals surface area contributed by atoms with Crippen LogP contribution in [0.15, 0.2) is 206 Å². The quantitative estimate of drug-likeness (QED) is 0.141. The molecule has 68 heavy (non-hydrogen) atoms. The van der Waals surface area contributed by atoms with Crippen LogP contribution in [0.25, 0.3) is 88.1 Å². The number of anilines is 4. The van der Waals surface area contributed by atoms with Crippen LogP contribution >= 0.6 is 0 Å². The number of benzene rings is 10. The van der Waals surface area contributed by atoms with Crippen molar-refractivity contribution in [3.63, 3.8) is 0 Å². The predicted octanol–water partition coefficient (Wildman–Crippen LogP) is 13.5. The van der Waals surface area contributed by atoms with E-state index in [1.807, 2.05) is 0 Å². The zero-order chi connectivity index (χ0) is 43.9. The first-order valence-electron chi connectivity index (χ1n) is 24.1. The molecule has 0 saturated heterocycles. The smallest absolute Gasteiger partial charge is 0.361 e. The van der Waals surface area contributed by atoms with Gasteiger partial charge in [0.05, 0.1) is 0 Å². The largest absolute Gasteiger partial charge is 0.422 e. The Kier molecular flexibility index (Phi) is 6.67. The monoisotopic (exact) mass is 860 g/mol. The standard InChI is InChI=1S/C32H21BN2.C30H17BN2/c1-3-16-28-20(8-1)18-22-10-5-14-26-24-12-7-13-25-27-15-6-11-23-19-21-9-2-4-17-29(21)35(32(23)27)33(30(24)25)34(28)31(22)26;1-3-16-26-18(8-1)22-12-6-14-24-20-10-5-11-21-25-15-7-13-23-19-9-2-4-17-27(19)33(30(23)25)31(28(20)21)32(26)29(22)24/h1-17H,18-19H2;1-17H. The number of hydrogen-bond donors (Lipinski definition) is 0. The van der Waals surface area contributed by atoms with Crippen molar-refractivity contribution in [2.24, 2.45) is 0 Å². The van der Waals surface area contributed by atoms with Crippen LogP contribution in [0, 0.1) is 0 Å². The molecule has 0 fully saturated rings. The van der Waals surface area contributed by atoms with Crippen molar-refractivity contribution in [2.75, 3.05) is 9.62 Å². The summed E-state index contributed by atoms with van der Waals surface area (Å²) in [4.78, 5) is 5.30. The van der Waals surface area contributed by atoms with Gasteiger partial charge >= 0.3 is 14.0 Å². The van der Waals surface area contributed by atoms with Crippen molar-refractivity contribution in [2.45, 2.75) is 12.8 Å². The Labute approximate surface area is 393 Å². The summed E-state index contributed by atoms with van der Waals surface area (Å²) < 4.78 is 5.21. The first kappa shape index (κ1) is 35.7. The van der Waals surface area contributed by atoms with Crippen LogP contribution in [0.2, 0.25) is 0 Å². The van der Waals surface area contributed by atoms with E-state index in [0.29, 0.717) is 0 Å². The highest BCUT2D eigenvalue weighted by molar-refractivity contribution is 6.86. The van der Waals surface area contributed by atoms with Crippen molar-refractivity contribution in [3.8, 4) is 44.5 Å². The Morgan fingerprint density at radius 2 is 0.632 bits per heavy atom. The first-order valence-corrected chi connectivity index (χ1v) is 24.1. The van der Waals surface area contributed by atoms with Gasteiger partial charge in [-0.3, -0.25) is 0 Å². The number of aromatic nitrogens is 2. The summed E-state index contributed by atoms with van der Waals surface area (Å²) in [6.45, 7) is 0.164. The lowest BCUT2D eigenvalue weighted by Gasteiger charge is -2.51. The molecular formula is C62H38B2N4. The molecular weight excluding hydrogens is 822 g/mol. The minimum absolute atomic E-state index is 0.0754. The van der Waals surface area contributed by atoms with Crippen LogP contribution in [-0.4, -0.2) is 22.9 Å². The van der Waals surface area contributed by atoms with Crippen molar-refractivity contribution < 1.29 is 0 Å². The fraction of sp³-hybridized carbons (Fsp3) is 0.0323. The molecule has 0 aliphatic carbocycles. The average molecular weight is 861 g/mol. The van der Waals surface area contributed by atoms with Gasteiger partial charge in [-0.05, 0) is 79.7 Å². The van der Waals surface area contributed by atoms with E-state index in [2.05, 4.69) is 225 Å². The minimum atomic E-state index is 0.0754. The van der Waals surface area contributed by atoms with Crippen LogP contribution in [-0.2, 0) is 12.8 Å². The second kappa shape index (κ2) is 12.7. The molecule has 0 atom stereocenters. The summed E-state index contributed by atoms with van der Waals surface area (Å²) in [6, 6.07) is 77.0. The molecule has 8 heterocycles. The van der Waals surface area contributed by atoms with Crippen molar-refractivity contribution in [3.05, 3.63) is 229 Å². The topological polar surface area (TPSA) is 16.3 Å². The molecule has 0 amide bonds. The zero-order valence-electron chi connectivity index (χ0n) is 37.0. The van der Waals surface area contributed by atoms with Crippen molar-refractivity contribution in [1.29, 1.82) is 0 Å². The Morgan fingerprint density at radius 3 is 1.15 bits per heavy atom. The molecule has 0 bridgehead atoms. The Hall–Kier alpha value is -8.47. The van der Waals surface area contributed by atoms with Gasteiger partial charge in [0.15, 0.2) is 0 Å². The van der Waals surface area contributed by atoms with E-state index in [1.54, 1.807) is 0 Å². The zero-order valence-corrected chi connectivity index (χ0v) is 37.0. The molecule has 18 rings (SSSR count). The summed E-state index contributed by atoms with van der Waals surface area (Å²) in [5.74, 6) is 0. The highest BCUT2D eigenvalue weighted by Gasteiger charge is 2.50. The van der Waals surface area contributed by atoms with E-state index in [-0.39, 0.29) is 14.0 Å². The van der Waals surface area contributed by atoms with Crippen LogP contribution < -0.4 is 20.5 Å². The summed E-state index contributed by atoms with van der Waals surface area (Å²) >= 11 is 0. The highest BCUT2D eigenvalue weighted by atomic mass is 15.3. The molecule has 0 N–H and O–H groups in total. The highest BCUT2D eigenvalue weighted by Crippen LogP contribution is 2.55. The van der Waals surface area contributed by atoms with Crippen LogP contribution in [0.4, 0.5) is 22.7 Å². The molecule has 6 aliphatic heterocycles. The normalized spacial score (nSPS) is 14.2. The fourth-order valence-electron chi connectivity index (χ4n) is 13.8. The molecule has 0 saturated carbocycles. The van der Waals surface area contributed by atoms with Gasteiger partial charge in [-0.2, -0.15) is 0 Å². The summed E-state index contributed by atoms with van der Waals surface area (Å²) in [6.07, 6.45) is 1.96. The molecule has 10 aromatic carbocycles. The third-order valence-electron chi connectivity index (χ3n) is 16.3. The van der Waals surface area contributed by atoms with Gasteiger partial charge < -0.3 is 18.6 Å². The van der Waals surface area contributed by atoms with Crippen LogP contribution in [0.3, 0.4) is 0 Å². The van der Waals surface area contributed by atoms with Crippen molar-refractivity contribution >= 4 is 91.3 Å². The molecule has 4 nitrogen and oxygen atoms in total. The van der Waals surface area contributed by atoms with E-state index in [1.165, 1.54) is 144 Å². The van der Waals surface area contributed by atoms with Gasteiger partial charge in [0.25, 0.3) is 0 Å². The van der Waals surface area contributed by atoms with Gasteiger partial charge in [-0.1, -0.05) is 182 Å². The maximum absolute atomic E-state index is 2.65. The third-order valence-corrected chi connectivity index (χ3v) is 16.3. The van der Waals surface area contributed by atoms with Gasteiger partial charge in [0, 0.05) is 101 Å². The van der Waals surface area contributed by atoms with E-state index in [9.17, 15) is 0 Å². The lowest BCUT2D eigenvalue weighted by Crippen LogP contribution is -2.63. The van der Waals surface area contributed by atoms with Gasteiger partial charge in [0.2, 0.25) is 0 Å². The van der Waals surface area contributed by atoms with Gasteiger partial charge in [-0.25, -0.2) is 0 Å². The molecule has 312 valence electrons. The van der Waals surface area contributed by atoms with Gasteiger partial charge in [-0.15, -0.1) is 0 Å². The van der Waals surface area contributed by atoms with E-state index >= 15 is 0 Å². The van der Waals surface area contributed by atoms with Crippen molar-refractivity contribution in [1.82, 2.24) is 8.96 Å². The Balaban J connectivity index is 0.000000115. The number of para-hydroxylation sites is 8. The third kappa shape index (κ3) is 4.27. The Morgan fingerprint density at radius 1 is 0.279 bits per heavy atom. The van der Waals surface area contributed by atoms with E-state index < -0.39 is 0 Å². The van der Waals surface area contributed by atoms with Crippen LogP contribution in [0.5, 0.6) is 0 Å². The number of nitrogens with zero attached hydrogens (tertiary/aromatic N) is 4. The van der Waals surface area contributed by atoms with Gasteiger partial charge in [0.1, 0.15) is 0 Å². The maximum atomic E-state index is 2.65. The van der Waals surface area contributed by atoms with E-state index in [0.717, 1.165) is 12.8 Å². The fourth-order valence-corrected chi connectivity index (χ4v) is 13.8. The molecule has 6 heteroatoms. The molecule has 0 radical (unpaired) electrons. The molecule has 0 spiro atoms. The molecule has 2 aromatic heterocycles.